The van der Waals surface area contributed by atoms with Gasteiger partial charge in [0, 0.05) is 29.6 Å². The molecule has 17 heavy (non-hydrogen) atoms. The standard InChI is InChI=1S/C14H15N3/c1-2-12-6-5-11(7-16-12)14-9-15-8-13(17-14)10-3-4-10/h5-10H,2-4H2,1H3. The van der Waals surface area contributed by atoms with E-state index in [9.17, 15) is 0 Å². The molecule has 86 valence electrons. The van der Waals surface area contributed by atoms with Gasteiger partial charge in [0.2, 0.25) is 0 Å². The molecule has 2 aromatic rings. The summed E-state index contributed by atoms with van der Waals surface area (Å²) in [7, 11) is 0. The zero-order valence-electron chi connectivity index (χ0n) is 9.93. The van der Waals surface area contributed by atoms with Crippen molar-refractivity contribution in [2.24, 2.45) is 0 Å². The Balaban J connectivity index is 1.93. The van der Waals surface area contributed by atoms with Crippen molar-refractivity contribution in [1.29, 1.82) is 0 Å². The lowest BCUT2D eigenvalue weighted by molar-refractivity contribution is 0.988. The second-order valence-electron chi connectivity index (χ2n) is 4.50. The molecule has 2 aromatic heterocycles. The minimum Gasteiger partial charge on any atom is -0.261 e. The van der Waals surface area contributed by atoms with E-state index in [4.69, 9.17) is 0 Å². The maximum atomic E-state index is 4.66. The van der Waals surface area contributed by atoms with Crippen LogP contribution in [-0.4, -0.2) is 15.0 Å². The Labute approximate surface area is 101 Å². The van der Waals surface area contributed by atoms with Crippen LogP contribution in [0.1, 0.15) is 37.1 Å². The summed E-state index contributed by atoms with van der Waals surface area (Å²) in [6.07, 6.45) is 9.06. The van der Waals surface area contributed by atoms with Crippen molar-refractivity contribution in [2.45, 2.75) is 32.1 Å². The van der Waals surface area contributed by atoms with Crippen LogP contribution in [0.15, 0.2) is 30.7 Å². The highest BCUT2D eigenvalue weighted by Crippen LogP contribution is 2.39. The van der Waals surface area contributed by atoms with Crippen LogP contribution in [0.2, 0.25) is 0 Å². The largest absolute Gasteiger partial charge is 0.261 e. The first-order valence-corrected chi connectivity index (χ1v) is 6.14. The summed E-state index contributed by atoms with van der Waals surface area (Å²) in [6.45, 7) is 2.11. The summed E-state index contributed by atoms with van der Waals surface area (Å²) in [5.41, 5.74) is 4.23. The van der Waals surface area contributed by atoms with Crippen molar-refractivity contribution in [1.82, 2.24) is 15.0 Å². The van der Waals surface area contributed by atoms with Crippen LogP contribution in [0.25, 0.3) is 11.3 Å². The van der Waals surface area contributed by atoms with Crippen LogP contribution in [-0.2, 0) is 6.42 Å². The maximum absolute atomic E-state index is 4.66. The molecule has 0 unspecified atom stereocenters. The van der Waals surface area contributed by atoms with Crippen molar-refractivity contribution in [2.75, 3.05) is 0 Å². The van der Waals surface area contributed by atoms with E-state index in [1.54, 1.807) is 0 Å². The molecule has 0 bridgehead atoms. The van der Waals surface area contributed by atoms with E-state index < -0.39 is 0 Å². The molecule has 3 nitrogen and oxygen atoms in total. The normalized spacial score (nSPS) is 14.9. The number of pyridine rings is 1. The van der Waals surface area contributed by atoms with Crippen LogP contribution >= 0.6 is 0 Å². The number of nitrogens with zero attached hydrogens (tertiary/aromatic N) is 3. The van der Waals surface area contributed by atoms with Crippen LogP contribution in [0.3, 0.4) is 0 Å². The number of hydrogen-bond acceptors (Lipinski definition) is 3. The first-order valence-electron chi connectivity index (χ1n) is 6.14. The number of rotatable bonds is 3. The highest BCUT2D eigenvalue weighted by molar-refractivity contribution is 5.56. The average Bonchev–Trinajstić information content (AvgIpc) is 3.23. The van der Waals surface area contributed by atoms with Crippen LogP contribution in [0, 0.1) is 0 Å². The molecule has 0 saturated heterocycles. The Kier molecular flexibility index (Phi) is 2.59. The molecule has 0 atom stereocenters. The summed E-state index contributed by atoms with van der Waals surface area (Å²) in [5.74, 6) is 0.644. The van der Waals surface area contributed by atoms with Crippen molar-refractivity contribution < 1.29 is 0 Å². The molecule has 1 aliphatic carbocycles. The monoisotopic (exact) mass is 225 g/mol. The summed E-state index contributed by atoms with van der Waals surface area (Å²) < 4.78 is 0. The molecule has 0 N–H and O–H groups in total. The molecule has 1 fully saturated rings. The van der Waals surface area contributed by atoms with Gasteiger partial charge < -0.3 is 0 Å². The molecule has 0 amide bonds. The number of aryl methyl sites for hydroxylation is 1. The van der Waals surface area contributed by atoms with Gasteiger partial charge in [0.25, 0.3) is 0 Å². The third-order valence-corrected chi connectivity index (χ3v) is 3.13. The molecule has 2 heterocycles. The lowest BCUT2D eigenvalue weighted by Gasteiger charge is -2.03. The average molecular weight is 225 g/mol. The molecule has 1 aliphatic rings. The Morgan fingerprint density at radius 3 is 2.71 bits per heavy atom. The first kappa shape index (κ1) is 10.4. The molecule has 0 spiro atoms. The van der Waals surface area contributed by atoms with Gasteiger partial charge >= 0.3 is 0 Å². The van der Waals surface area contributed by atoms with Gasteiger partial charge in [-0.05, 0) is 31.4 Å². The van der Waals surface area contributed by atoms with Gasteiger partial charge in [-0.3, -0.25) is 9.97 Å². The topological polar surface area (TPSA) is 38.7 Å². The Hall–Kier alpha value is -1.77. The second-order valence-corrected chi connectivity index (χ2v) is 4.50. The van der Waals surface area contributed by atoms with E-state index in [1.165, 1.54) is 12.8 Å². The highest BCUT2D eigenvalue weighted by atomic mass is 14.8. The molecule has 3 heteroatoms. The van der Waals surface area contributed by atoms with Gasteiger partial charge in [-0.1, -0.05) is 6.92 Å². The third kappa shape index (κ3) is 2.18. The maximum Gasteiger partial charge on any atom is 0.0904 e. The van der Waals surface area contributed by atoms with E-state index in [1.807, 2.05) is 18.6 Å². The van der Waals surface area contributed by atoms with Crippen molar-refractivity contribution in [3.63, 3.8) is 0 Å². The fraction of sp³-hybridized carbons (Fsp3) is 0.357. The summed E-state index contributed by atoms with van der Waals surface area (Å²) in [5, 5.41) is 0. The minimum atomic E-state index is 0.644. The second kappa shape index (κ2) is 4.24. The summed E-state index contributed by atoms with van der Waals surface area (Å²) in [4.78, 5) is 13.3. The third-order valence-electron chi connectivity index (χ3n) is 3.13. The number of hydrogen-bond donors (Lipinski definition) is 0. The van der Waals surface area contributed by atoms with Crippen molar-refractivity contribution in [3.8, 4) is 11.3 Å². The fourth-order valence-corrected chi connectivity index (χ4v) is 1.88. The fourth-order valence-electron chi connectivity index (χ4n) is 1.88. The quantitative estimate of drug-likeness (QED) is 0.806. The predicted molar refractivity (Wildman–Crippen MR) is 66.6 cm³/mol. The molecule has 1 saturated carbocycles. The first-order chi connectivity index (χ1) is 8.36. The van der Waals surface area contributed by atoms with Crippen LogP contribution in [0.4, 0.5) is 0 Å². The van der Waals surface area contributed by atoms with Crippen LogP contribution < -0.4 is 0 Å². The zero-order valence-corrected chi connectivity index (χ0v) is 9.93. The van der Waals surface area contributed by atoms with E-state index in [2.05, 4.69) is 34.0 Å². The Bertz CT molecular complexity index is 515. The molecule has 0 radical (unpaired) electrons. The molecule has 3 rings (SSSR count). The van der Waals surface area contributed by atoms with E-state index in [0.717, 1.165) is 29.1 Å². The zero-order chi connectivity index (χ0) is 11.7. The minimum absolute atomic E-state index is 0.644. The van der Waals surface area contributed by atoms with Gasteiger partial charge in [-0.2, -0.15) is 0 Å². The molecular weight excluding hydrogens is 210 g/mol. The van der Waals surface area contributed by atoms with Gasteiger partial charge in [-0.15, -0.1) is 0 Å². The SMILES string of the molecule is CCc1ccc(-c2cncc(C3CC3)n2)cn1. The van der Waals surface area contributed by atoms with E-state index in [0.29, 0.717) is 5.92 Å². The number of aromatic nitrogens is 3. The lowest BCUT2D eigenvalue weighted by atomic mass is 10.2. The molecule has 0 aliphatic heterocycles. The summed E-state index contributed by atoms with van der Waals surface area (Å²) in [6, 6.07) is 4.13. The Morgan fingerprint density at radius 1 is 1.18 bits per heavy atom. The van der Waals surface area contributed by atoms with E-state index >= 15 is 0 Å². The predicted octanol–water partition coefficient (Wildman–Crippen LogP) is 2.98. The Morgan fingerprint density at radius 2 is 2.06 bits per heavy atom. The molecular formula is C14H15N3. The van der Waals surface area contributed by atoms with Gasteiger partial charge in [0.1, 0.15) is 0 Å². The van der Waals surface area contributed by atoms with Crippen LogP contribution in [0.5, 0.6) is 0 Å². The summed E-state index contributed by atoms with van der Waals surface area (Å²) >= 11 is 0. The van der Waals surface area contributed by atoms with Crippen molar-refractivity contribution in [3.05, 3.63) is 42.1 Å². The smallest absolute Gasteiger partial charge is 0.0904 e. The van der Waals surface area contributed by atoms with Crippen molar-refractivity contribution >= 4 is 0 Å². The lowest BCUT2D eigenvalue weighted by Crippen LogP contribution is -1.93. The van der Waals surface area contributed by atoms with Gasteiger partial charge in [-0.25, -0.2) is 4.98 Å². The van der Waals surface area contributed by atoms with Gasteiger partial charge in [0.15, 0.2) is 0 Å². The van der Waals surface area contributed by atoms with Gasteiger partial charge in [0.05, 0.1) is 17.6 Å². The highest BCUT2D eigenvalue weighted by Gasteiger charge is 2.25. The molecule has 0 aromatic carbocycles. The van der Waals surface area contributed by atoms with E-state index in [-0.39, 0.29) is 0 Å².